The predicted molar refractivity (Wildman–Crippen MR) is 83.0 cm³/mol. The van der Waals surface area contributed by atoms with Gasteiger partial charge in [0.15, 0.2) is 0 Å². The second-order valence-electron chi connectivity index (χ2n) is 5.06. The Kier molecular flexibility index (Phi) is 3.84. The van der Waals surface area contributed by atoms with Gasteiger partial charge in [-0.05, 0) is 19.1 Å². The molecule has 0 spiro atoms. The van der Waals surface area contributed by atoms with Crippen LogP contribution in [0.25, 0.3) is 0 Å². The molecule has 0 atom stereocenters. The third kappa shape index (κ3) is 3.08. The zero-order chi connectivity index (χ0) is 13.9. The van der Waals surface area contributed by atoms with Gasteiger partial charge in [0.2, 0.25) is 0 Å². The Morgan fingerprint density at radius 2 is 2.05 bits per heavy atom. The average molecular weight is 289 g/mol. The Balaban J connectivity index is 1.55. The smallest absolute Gasteiger partial charge is 0.123 e. The molecule has 3 rings (SSSR count). The van der Waals surface area contributed by atoms with Gasteiger partial charge in [-0.2, -0.15) is 0 Å². The zero-order valence-corrected chi connectivity index (χ0v) is 12.4. The van der Waals surface area contributed by atoms with Crippen molar-refractivity contribution >= 4 is 22.8 Å². The van der Waals surface area contributed by atoms with Crippen molar-refractivity contribution in [3.63, 3.8) is 0 Å². The largest absolute Gasteiger partial charge is 0.384 e. The van der Waals surface area contributed by atoms with E-state index in [4.69, 9.17) is 5.73 Å². The Morgan fingerprint density at radius 1 is 1.25 bits per heavy atom. The summed E-state index contributed by atoms with van der Waals surface area (Å²) in [4.78, 5) is 13.5. The minimum atomic E-state index is 0.575. The van der Waals surface area contributed by atoms with E-state index >= 15 is 0 Å². The van der Waals surface area contributed by atoms with Crippen LogP contribution in [-0.4, -0.2) is 41.0 Å². The lowest BCUT2D eigenvalue weighted by molar-refractivity contribution is 0.247. The summed E-state index contributed by atoms with van der Waals surface area (Å²) in [6.07, 6.45) is 1.86. The maximum absolute atomic E-state index is 5.62. The van der Waals surface area contributed by atoms with E-state index in [9.17, 15) is 0 Å². The van der Waals surface area contributed by atoms with Crippen LogP contribution in [0.1, 0.15) is 10.7 Å². The second-order valence-corrected chi connectivity index (χ2v) is 6.12. The van der Waals surface area contributed by atoms with Crippen LogP contribution in [0.15, 0.2) is 23.7 Å². The SMILES string of the molecule is Cc1nc(CN2CCN(c3ccc(N)nc3)CC2)cs1. The van der Waals surface area contributed by atoms with Crippen molar-refractivity contribution in [1.29, 1.82) is 0 Å². The van der Waals surface area contributed by atoms with Gasteiger partial charge >= 0.3 is 0 Å². The summed E-state index contributed by atoms with van der Waals surface area (Å²) in [5.74, 6) is 0.575. The summed E-state index contributed by atoms with van der Waals surface area (Å²) in [5, 5.41) is 3.30. The molecule has 5 nitrogen and oxygen atoms in total. The van der Waals surface area contributed by atoms with E-state index in [0.29, 0.717) is 5.82 Å². The van der Waals surface area contributed by atoms with E-state index in [-0.39, 0.29) is 0 Å². The van der Waals surface area contributed by atoms with Crippen LogP contribution in [0.4, 0.5) is 11.5 Å². The molecule has 2 aromatic heterocycles. The number of thiazole rings is 1. The first-order valence-corrected chi connectivity index (χ1v) is 7.68. The van der Waals surface area contributed by atoms with E-state index in [1.807, 2.05) is 18.3 Å². The third-order valence-corrected chi connectivity index (χ3v) is 4.38. The molecule has 1 aliphatic rings. The molecule has 0 bridgehead atoms. The molecule has 20 heavy (non-hydrogen) atoms. The number of nitrogens with two attached hydrogens (primary N) is 1. The lowest BCUT2D eigenvalue weighted by atomic mass is 10.2. The number of piperazine rings is 1. The minimum absolute atomic E-state index is 0.575. The molecule has 2 aromatic rings. The number of aromatic nitrogens is 2. The van der Waals surface area contributed by atoms with Crippen molar-refractivity contribution in [1.82, 2.24) is 14.9 Å². The van der Waals surface area contributed by atoms with E-state index in [1.165, 1.54) is 5.69 Å². The fourth-order valence-corrected chi connectivity index (χ4v) is 3.06. The van der Waals surface area contributed by atoms with E-state index in [0.717, 1.165) is 43.4 Å². The van der Waals surface area contributed by atoms with Crippen molar-refractivity contribution in [3.8, 4) is 0 Å². The Bertz CT molecular complexity index is 557. The van der Waals surface area contributed by atoms with Gasteiger partial charge in [-0.15, -0.1) is 11.3 Å². The summed E-state index contributed by atoms with van der Waals surface area (Å²) in [7, 11) is 0. The normalized spacial score (nSPS) is 16.6. The summed E-state index contributed by atoms with van der Waals surface area (Å²) < 4.78 is 0. The molecule has 0 amide bonds. The Hall–Kier alpha value is -1.66. The standard InChI is InChI=1S/C14H19N5S/c1-11-17-12(10-20-11)9-18-4-6-19(7-5-18)13-2-3-14(15)16-8-13/h2-3,8,10H,4-7,9H2,1H3,(H2,15,16). The number of pyridine rings is 1. The number of nitrogen functional groups attached to an aromatic ring is 1. The van der Waals surface area contributed by atoms with Gasteiger partial charge in [-0.25, -0.2) is 9.97 Å². The zero-order valence-electron chi connectivity index (χ0n) is 11.6. The highest BCUT2D eigenvalue weighted by molar-refractivity contribution is 7.09. The first kappa shape index (κ1) is 13.3. The summed E-state index contributed by atoms with van der Waals surface area (Å²) >= 11 is 1.72. The molecular formula is C14H19N5S. The van der Waals surface area contributed by atoms with E-state index in [1.54, 1.807) is 11.3 Å². The van der Waals surface area contributed by atoms with Gasteiger partial charge in [0, 0.05) is 38.1 Å². The van der Waals surface area contributed by atoms with Crippen LogP contribution in [0.3, 0.4) is 0 Å². The molecule has 0 saturated carbocycles. The lowest BCUT2D eigenvalue weighted by Gasteiger charge is -2.35. The monoisotopic (exact) mass is 289 g/mol. The molecule has 0 aliphatic carbocycles. The van der Waals surface area contributed by atoms with Crippen molar-refractivity contribution in [2.24, 2.45) is 0 Å². The number of aryl methyl sites for hydroxylation is 1. The first-order valence-electron chi connectivity index (χ1n) is 6.80. The van der Waals surface area contributed by atoms with Gasteiger partial charge in [-0.1, -0.05) is 0 Å². The maximum atomic E-state index is 5.62. The number of anilines is 2. The molecule has 0 radical (unpaired) electrons. The highest BCUT2D eigenvalue weighted by atomic mass is 32.1. The van der Waals surface area contributed by atoms with Gasteiger partial charge in [0.25, 0.3) is 0 Å². The summed E-state index contributed by atoms with van der Waals surface area (Å²) in [5.41, 5.74) is 7.97. The molecule has 1 aliphatic heterocycles. The maximum Gasteiger partial charge on any atom is 0.123 e. The van der Waals surface area contributed by atoms with Gasteiger partial charge in [-0.3, -0.25) is 4.90 Å². The van der Waals surface area contributed by atoms with E-state index in [2.05, 4.69) is 32.1 Å². The quantitative estimate of drug-likeness (QED) is 0.933. The number of rotatable bonds is 3. The van der Waals surface area contributed by atoms with E-state index < -0.39 is 0 Å². The predicted octanol–water partition coefficient (Wildman–Crippen LogP) is 1.75. The van der Waals surface area contributed by atoms with Crippen LogP contribution in [0, 0.1) is 6.92 Å². The fourth-order valence-electron chi connectivity index (χ4n) is 2.46. The van der Waals surface area contributed by atoms with Crippen molar-refractivity contribution in [3.05, 3.63) is 34.4 Å². The highest BCUT2D eigenvalue weighted by Gasteiger charge is 2.18. The highest BCUT2D eigenvalue weighted by Crippen LogP contribution is 2.17. The van der Waals surface area contributed by atoms with Crippen LogP contribution in [-0.2, 0) is 6.54 Å². The van der Waals surface area contributed by atoms with Gasteiger partial charge in [0.1, 0.15) is 5.82 Å². The van der Waals surface area contributed by atoms with Gasteiger partial charge < -0.3 is 10.6 Å². The fraction of sp³-hybridized carbons (Fsp3) is 0.429. The molecule has 1 saturated heterocycles. The first-order chi connectivity index (χ1) is 9.70. The lowest BCUT2D eigenvalue weighted by Crippen LogP contribution is -2.46. The molecule has 1 fully saturated rings. The summed E-state index contributed by atoms with van der Waals surface area (Å²) in [6, 6.07) is 3.90. The summed E-state index contributed by atoms with van der Waals surface area (Å²) in [6.45, 7) is 7.17. The molecule has 106 valence electrons. The molecule has 6 heteroatoms. The van der Waals surface area contributed by atoms with Crippen molar-refractivity contribution in [2.45, 2.75) is 13.5 Å². The third-order valence-electron chi connectivity index (χ3n) is 3.56. The molecule has 0 unspecified atom stereocenters. The molecular weight excluding hydrogens is 270 g/mol. The average Bonchev–Trinajstić information content (AvgIpc) is 2.86. The van der Waals surface area contributed by atoms with Crippen LogP contribution in [0.5, 0.6) is 0 Å². The van der Waals surface area contributed by atoms with Crippen LogP contribution < -0.4 is 10.6 Å². The van der Waals surface area contributed by atoms with Crippen LogP contribution >= 0.6 is 11.3 Å². The number of hydrogen-bond donors (Lipinski definition) is 1. The van der Waals surface area contributed by atoms with Crippen LogP contribution in [0.2, 0.25) is 0 Å². The topological polar surface area (TPSA) is 58.3 Å². The van der Waals surface area contributed by atoms with Crippen molar-refractivity contribution in [2.75, 3.05) is 36.8 Å². The van der Waals surface area contributed by atoms with Crippen molar-refractivity contribution < 1.29 is 0 Å². The Labute approximate surface area is 123 Å². The molecule has 2 N–H and O–H groups in total. The second kappa shape index (κ2) is 5.76. The molecule has 0 aromatic carbocycles. The minimum Gasteiger partial charge on any atom is -0.384 e. The Morgan fingerprint density at radius 3 is 2.65 bits per heavy atom. The number of hydrogen-bond acceptors (Lipinski definition) is 6. The molecule has 3 heterocycles. The van der Waals surface area contributed by atoms with Gasteiger partial charge in [0.05, 0.1) is 22.6 Å². The number of nitrogens with zero attached hydrogens (tertiary/aromatic N) is 4.